The minimum Gasteiger partial charge on any atom is -0.467 e. The van der Waals surface area contributed by atoms with Gasteiger partial charge in [0.15, 0.2) is 0 Å². The molecule has 1 amide bonds. The van der Waals surface area contributed by atoms with Crippen LogP contribution in [0.5, 0.6) is 0 Å². The highest BCUT2D eigenvalue weighted by atomic mass is 16.3. The zero-order valence-electron chi connectivity index (χ0n) is 11.2. The van der Waals surface area contributed by atoms with Gasteiger partial charge < -0.3 is 20.4 Å². The predicted octanol–water partition coefficient (Wildman–Crippen LogP) is 1.20. The molecule has 0 aliphatic rings. The molecular weight excluding hydrogens is 230 g/mol. The highest BCUT2D eigenvalue weighted by molar-refractivity contribution is 5.93. The van der Waals surface area contributed by atoms with E-state index in [1.165, 1.54) is 6.26 Å². The minimum absolute atomic E-state index is 0.106. The Hall–Kier alpha value is -1.33. The van der Waals surface area contributed by atoms with Crippen molar-refractivity contribution in [3.05, 3.63) is 23.7 Å². The van der Waals surface area contributed by atoms with Crippen LogP contribution in [0.15, 0.2) is 16.7 Å². The van der Waals surface area contributed by atoms with Gasteiger partial charge >= 0.3 is 0 Å². The highest BCUT2D eigenvalue weighted by Gasteiger charge is 2.09. The fourth-order valence-electron chi connectivity index (χ4n) is 1.78. The molecule has 0 unspecified atom stereocenters. The van der Waals surface area contributed by atoms with Crippen LogP contribution in [0.1, 0.15) is 36.4 Å². The summed E-state index contributed by atoms with van der Waals surface area (Å²) in [5, 5.41) is 2.88. The van der Waals surface area contributed by atoms with Crippen LogP contribution in [0, 0.1) is 0 Å². The lowest BCUT2D eigenvalue weighted by atomic mass is 10.3. The van der Waals surface area contributed by atoms with Gasteiger partial charge in [-0.05, 0) is 25.6 Å². The number of nitrogens with two attached hydrogens (primary N) is 1. The molecule has 1 rings (SSSR count). The summed E-state index contributed by atoms with van der Waals surface area (Å²) >= 11 is 0. The molecule has 0 saturated heterocycles. The van der Waals surface area contributed by atoms with Crippen molar-refractivity contribution in [2.24, 2.45) is 5.73 Å². The number of rotatable bonds is 8. The summed E-state index contributed by atoms with van der Waals surface area (Å²) in [5.41, 5.74) is 5.96. The summed E-state index contributed by atoms with van der Waals surface area (Å²) in [6, 6.07) is 1.68. The first kappa shape index (κ1) is 14.7. The molecule has 5 heteroatoms. The average molecular weight is 253 g/mol. The number of likely N-dealkylation sites (N-methyl/N-ethyl adjacent to an activating group) is 1. The first-order chi connectivity index (χ1) is 8.71. The van der Waals surface area contributed by atoms with Crippen molar-refractivity contribution in [1.29, 1.82) is 0 Å². The number of furan rings is 1. The van der Waals surface area contributed by atoms with E-state index >= 15 is 0 Å². The van der Waals surface area contributed by atoms with Gasteiger partial charge in [-0.2, -0.15) is 0 Å². The molecule has 0 bridgehead atoms. The van der Waals surface area contributed by atoms with E-state index in [0.29, 0.717) is 24.4 Å². The van der Waals surface area contributed by atoms with E-state index in [-0.39, 0.29) is 5.91 Å². The molecular formula is C13H23N3O2. The van der Waals surface area contributed by atoms with Crippen LogP contribution in [0.4, 0.5) is 0 Å². The Morgan fingerprint density at radius 2 is 2.22 bits per heavy atom. The maximum absolute atomic E-state index is 11.8. The Morgan fingerprint density at radius 3 is 2.78 bits per heavy atom. The summed E-state index contributed by atoms with van der Waals surface area (Å²) in [7, 11) is 0. The van der Waals surface area contributed by atoms with Crippen molar-refractivity contribution in [3.63, 3.8) is 0 Å². The number of hydrogen-bond donors (Lipinski definition) is 2. The average Bonchev–Trinajstić information content (AvgIpc) is 2.86. The molecule has 1 aromatic rings. The highest BCUT2D eigenvalue weighted by Crippen LogP contribution is 2.06. The third-order valence-corrected chi connectivity index (χ3v) is 2.82. The molecule has 0 aliphatic heterocycles. The molecule has 5 nitrogen and oxygen atoms in total. The number of nitrogens with one attached hydrogen (secondary N) is 1. The van der Waals surface area contributed by atoms with E-state index in [1.54, 1.807) is 6.07 Å². The van der Waals surface area contributed by atoms with Crippen LogP contribution in [-0.2, 0) is 6.54 Å². The molecule has 102 valence electrons. The Balaban J connectivity index is 2.32. The summed E-state index contributed by atoms with van der Waals surface area (Å²) in [6.07, 6.45) is 2.57. The largest absolute Gasteiger partial charge is 0.467 e. The summed E-state index contributed by atoms with van der Waals surface area (Å²) in [4.78, 5) is 14.1. The summed E-state index contributed by atoms with van der Waals surface area (Å²) in [6.45, 7) is 8.19. The standard InChI is InChI=1S/C13H23N3O2/c1-3-6-16(4-2)7-5-15-13(17)11-8-12(9-14)18-10-11/h8,10H,3-7,9,14H2,1-2H3,(H,15,17). The molecule has 3 N–H and O–H groups in total. The summed E-state index contributed by atoms with van der Waals surface area (Å²) in [5.74, 6) is 0.521. The van der Waals surface area contributed by atoms with Gasteiger partial charge in [-0.1, -0.05) is 13.8 Å². The lowest BCUT2D eigenvalue weighted by Crippen LogP contribution is -2.35. The van der Waals surface area contributed by atoms with Crippen molar-refractivity contribution in [2.75, 3.05) is 26.2 Å². The quantitative estimate of drug-likeness (QED) is 0.730. The fourth-order valence-corrected chi connectivity index (χ4v) is 1.78. The molecule has 0 aromatic carbocycles. The number of hydrogen-bond acceptors (Lipinski definition) is 4. The summed E-state index contributed by atoms with van der Waals surface area (Å²) < 4.78 is 5.13. The van der Waals surface area contributed by atoms with Gasteiger partial charge in [0, 0.05) is 13.1 Å². The van der Waals surface area contributed by atoms with Crippen LogP contribution < -0.4 is 11.1 Å². The SMILES string of the molecule is CCCN(CC)CCNC(=O)c1coc(CN)c1. The van der Waals surface area contributed by atoms with Crippen molar-refractivity contribution in [3.8, 4) is 0 Å². The first-order valence-corrected chi connectivity index (χ1v) is 6.49. The van der Waals surface area contributed by atoms with E-state index in [2.05, 4.69) is 24.1 Å². The van der Waals surface area contributed by atoms with Crippen molar-refractivity contribution < 1.29 is 9.21 Å². The van der Waals surface area contributed by atoms with Crippen LogP contribution in [-0.4, -0.2) is 37.0 Å². The van der Waals surface area contributed by atoms with Crippen LogP contribution in [0.25, 0.3) is 0 Å². The van der Waals surface area contributed by atoms with E-state index in [4.69, 9.17) is 10.2 Å². The Bertz CT molecular complexity index is 363. The fraction of sp³-hybridized carbons (Fsp3) is 0.615. The number of amides is 1. The van der Waals surface area contributed by atoms with Gasteiger partial charge in [-0.3, -0.25) is 4.79 Å². The number of carbonyl (C=O) groups is 1. The lowest BCUT2D eigenvalue weighted by Gasteiger charge is -2.19. The first-order valence-electron chi connectivity index (χ1n) is 6.49. The van der Waals surface area contributed by atoms with Gasteiger partial charge in [-0.25, -0.2) is 0 Å². The van der Waals surface area contributed by atoms with Gasteiger partial charge in [0.2, 0.25) is 0 Å². The number of nitrogens with zero attached hydrogens (tertiary/aromatic N) is 1. The zero-order chi connectivity index (χ0) is 13.4. The zero-order valence-corrected chi connectivity index (χ0v) is 11.2. The van der Waals surface area contributed by atoms with E-state index < -0.39 is 0 Å². The molecule has 0 atom stereocenters. The van der Waals surface area contributed by atoms with E-state index in [9.17, 15) is 4.79 Å². The molecule has 0 aliphatic carbocycles. The van der Waals surface area contributed by atoms with Crippen molar-refractivity contribution in [1.82, 2.24) is 10.2 Å². The second-order valence-electron chi connectivity index (χ2n) is 4.20. The maximum atomic E-state index is 11.8. The van der Waals surface area contributed by atoms with Gasteiger partial charge in [0.25, 0.3) is 5.91 Å². The van der Waals surface area contributed by atoms with E-state index in [1.807, 2.05) is 0 Å². The van der Waals surface area contributed by atoms with Crippen molar-refractivity contribution in [2.45, 2.75) is 26.8 Å². The van der Waals surface area contributed by atoms with Crippen molar-refractivity contribution >= 4 is 5.91 Å². The molecule has 0 fully saturated rings. The predicted molar refractivity (Wildman–Crippen MR) is 71.3 cm³/mol. The minimum atomic E-state index is -0.106. The third kappa shape index (κ3) is 4.50. The van der Waals surface area contributed by atoms with Crippen LogP contribution in [0.3, 0.4) is 0 Å². The van der Waals surface area contributed by atoms with Gasteiger partial charge in [0.05, 0.1) is 12.1 Å². The maximum Gasteiger partial charge on any atom is 0.254 e. The second-order valence-corrected chi connectivity index (χ2v) is 4.20. The topological polar surface area (TPSA) is 71.5 Å². The number of carbonyl (C=O) groups excluding carboxylic acids is 1. The van der Waals surface area contributed by atoms with Crippen LogP contribution in [0.2, 0.25) is 0 Å². The van der Waals surface area contributed by atoms with Crippen LogP contribution >= 0.6 is 0 Å². The monoisotopic (exact) mass is 253 g/mol. The second kappa shape index (κ2) is 7.89. The third-order valence-electron chi connectivity index (χ3n) is 2.82. The molecule has 0 spiro atoms. The van der Waals surface area contributed by atoms with E-state index in [0.717, 1.165) is 26.1 Å². The molecule has 0 saturated carbocycles. The Morgan fingerprint density at radius 1 is 1.44 bits per heavy atom. The molecule has 1 heterocycles. The van der Waals surface area contributed by atoms with Gasteiger partial charge in [-0.15, -0.1) is 0 Å². The molecule has 0 radical (unpaired) electrons. The molecule has 1 aromatic heterocycles. The van der Waals surface area contributed by atoms with Gasteiger partial charge in [0.1, 0.15) is 12.0 Å². The molecule has 18 heavy (non-hydrogen) atoms. The smallest absolute Gasteiger partial charge is 0.254 e. The lowest BCUT2D eigenvalue weighted by molar-refractivity contribution is 0.0948. The Labute approximate surface area is 108 Å². The normalized spacial score (nSPS) is 10.9. The Kier molecular flexibility index (Phi) is 6.46.